The van der Waals surface area contributed by atoms with Gasteiger partial charge in [0.1, 0.15) is 5.75 Å². The SMILES string of the molecule is COc1ccc(C)cc1NC(=O)CSc1nnc(C2CC2)n1N. The van der Waals surface area contributed by atoms with Crippen molar-refractivity contribution in [3.63, 3.8) is 0 Å². The van der Waals surface area contributed by atoms with Crippen molar-refractivity contribution in [3.05, 3.63) is 29.6 Å². The van der Waals surface area contributed by atoms with Gasteiger partial charge in [0.15, 0.2) is 5.82 Å². The number of benzene rings is 1. The summed E-state index contributed by atoms with van der Waals surface area (Å²) in [5.74, 6) is 7.88. The van der Waals surface area contributed by atoms with E-state index >= 15 is 0 Å². The number of nitrogen functional groups attached to an aromatic ring is 1. The molecule has 122 valence electrons. The predicted molar refractivity (Wildman–Crippen MR) is 89.2 cm³/mol. The molecule has 0 aliphatic heterocycles. The van der Waals surface area contributed by atoms with Gasteiger partial charge < -0.3 is 15.9 Å². The van der Waals surface area contributed by atoms with E-state index in [-0.39, 0.29) is 11.7 Å². The van der Waals surface area contributed by atoms with E-state index in [4.69, 9.17) is 10.6 Å². The quantitative estimate of drug-likeness (QED) is 0.619. The molecular weight excluding hydrogens is 314 g/mol. The molecule has 1 heterocycles. The average Bonchev–Trinajstić information content (AvgIpc) is 3.29. The summed E-state index contributed by atoms with van der Waals surface area (Å²) in [4.78, 5) is 12.1. The molecule has 3 rings (SSSR count). The maximum absolute atomic E-state index is 12.1. The normalized spacial score (nSPS) is 13.8. The smallest absolute Gasteiger partial charge is 0.234 e. The van der Waals surface area contributed by atoms with Crippen LogP contribution in [-0.2, 0) is 4.79 Å². The Balaban J connectivity index is 1.60. The highest BCUT2D eigenvalue weighted by Gasteiger charge is 2.30. The number of rotatable bonds is 6. The van der Waals surface area contributed by atoms with Gasteiger partial charge >= 0.3 is 0 Å². The monoisotopic (exact) mass is 333 g/mol. The molecule has 7 nitrogen and oxygen atoms in total. The molecule has 0 unspecified atom stereocenters. The molecule has 1 aromatic carbocycles. The Morgan fingerprint density at radius 3 is 2.96 bits per heavy atom. The number of hydrogen-bond acceptors (Lipinski definition) is 6. The minimum Gasteiger partial charge on any atom is -0.495 e. The molecule has 1 fully saturated rings. The zero-order chi connectivity index (χ0) is 16.4. The fourth-order valence-electron chi connectivity index (χ4n) is 2.24. The third-order valence-electron chi connectivity index (χ3n) is 3.59. The van der Waals surface area contributed by atoms with Crippen molar-refractivity contribution in [1.29, 1.82) is 0 Å². The number of amides is 1. The van der Waals surface area contributed by atoms with Crippen molar-refractivity contribution in [1.82, 2.24) is 14.9 Å². The molecule has 8 heteroatoms. The lowest BCUT2D eigenvalue weighted by molar-refractivity contribution is -0.113. The molecule has 1 aliphatic carbocycles. The molecular formula is C15H19N5O2S. The number of hydrogen-bond donors (Lipinski definition) is 2. The lowest BCUT2D eigenvalue weighted by atomic mass is 10.2. The van der Waals surface area contributed by atoms with Gasteiger partial charge in [-0.05, 0) is 37.5 Å². The molecule has 0 saturated heterocycles. The van der Waals surface area contributed by atoms with Crippen molar-refractivity contribution in [3.8, 4) is 5.75 Å². The highest BCUT2D eigenvalue weighted by Crippen LogP contribution is 2.39. The minimum absolute atomic E-state index is 0.144. The van der Waals surface area contributed by atoms with Gasteiger partial charge in [0.2, 0.25) is 11.1 Å². The van der Waals surface area contributed by atoms with E-state index in [0.717, 1.165) is 24.2 Å². The largest absolute Gasteiger partial charge is 0.495 e. The Hall–Kier alpha value is -2.22. The predicted octanol–water partition coefficient (Wildman–Crippen LogP) is 1.92. The van der Waals surface area contributed by atoms with Crippen molar-refractivity contribution in [2.75, 3.05) is 24.0 Å². The maximum atomic E-state index is 12.1. The van der Waals surface area contributed by atoms with E-state index in [2.05, 4.69) is 15.5 Å². The molecule has 23 heavy (non-hydrogen) atoms. The van der Waals surface area contributed by atoms with E-state index < -0.39 is 0 Å². The van der Waals surface area contributed by atoms with Gasteiger partial charge in [0, 0.05) is 5.92 Å². The average molecular weight is 333 g/mol. The summed E-state index contributed by atoms with van der Waals surface area (Å²) >= 11 is 1.27. The van der Waals surface area contributed by atoms with Crippen molar-refractivity contribution in [2.45, 2.75) is 30.8 Å². The van der Waals surface area contributed by atoms with Crippen LogP contribution in [0.25, 0.3) is 0 Å². The fraction of sp³-hybridized carbons (Fsp3) is 0.400. The fourth-order valence-corrected chi connectivity index (χ4v) is 2.91. The molecule has 1 aliphatic rings. The number of nitrogens with zero attached hydrogens (tertiary/aromatic N) is 3. The molecule has 1 aromatic heterocycles. The van der Waals surface area contributed by atoms with Crippen LogP contribution in [-0.4, -0.2) is 33.6 Å². The van der Waals surface area contributed by atoms with Crippen LogP contribution in [0.5, 0.6) is 5.75 Å². The van der Waals surface area contributed by atoms with E-state index in [1.54, 1.807) is 7.11 Å². The van der Waals surface area contributed by atoms with E-state index in [9.17, 15) is 4.79 Å². The van der Waals surface area contributed by atoms with Crippen LogP contribution in [0, 0.1) is 6.92 Å². The molecule has 2 aromatic rings. The van der Waals surface area contributed by atoms with Crippen LogP contribution in [0.2, 0.25) is 0 Å². The Labute approximate surface area is 138 Å². The molecule has 0 atom stereocenters. The highest BCUT2D eigenvalue weighted by molar-refractivity contribution is 7.99. The first-order valence-electron chi connectivity index (χ1n) is 7.36. The molecule has 0 spiro atoms. The summed E-state index contributed by atoms with van der Waals surface area (Å²) in [7, 11) is 1.57. The van der Waals surface area contributed by atoms with Crippen LogP contribution in [0.15, 0.2) is 23.4 Å². The number of anilines is 1. The zero-order valence-corrected chi connectivity index (χ0v) is 13.9. The van der Waals surface area contributed by atoms with Crippen LogP contribution in [0.3, 0.4) is 0 Å². The van der Waals surface area contributed by atoms with Gasteiger partial charge in [-0.15, -0.1) is 10.2 Å². The van der Waals surface area contributed by atoms with Crippen LogP contribution in [0.1, 0.15) is 30.1 Å². The van der Waals surface area contributed by atoms with Crippen LogP contribution in [0.4, 0.5) is 5.69 Å². The van der Waals surface area contributed by atoms with Crippen molar-refractivity contribution >= 4 is 23.4 Å². The number of nitrogens with two attached hydrogens (primary N) is 1. The number of aryl methyl sites for hydroxylation is 1. The van der Waals surface area contributed by atoms with Crippen LogP contribution >= 0.6 is 11.8 Å². The van der Waals surface area contributed by atoms with E-state index in [1.807, 2.05) is 25.1 Å². The van der Waals surface area contributed by atoms with Crippen LogP contribution < -0.4 is 15.9 Å². The Kier molecular flexibility index (Phi) is 4.42. The van der Waals surface area contributed by atoms with Gasteiger partial charge in [0.05, 0.1) is 18.6 Å². The summed E-state index contributed by atoms with van der Waals surface area (Å²) in [5.41, 5.74) is 1.70. The number of carbonyl (C=O) groups is 1. The van der Waals surface area contributed by atoms with Gasteiger partial charge in [0.25, 0.3) is 0 Å². The zero-order valence-electron chi connectivity index (χ0n) is 13.1. The number of methoxy groups -OCH3 is 1. The van der Waals surface area contributed by atoms with Crippen molar-refractivity contribution in [2.24, 2.45) is 0 Å². The summed E-state index contributed by atoms with van der Waals surface area (Å²) in [6.07, 6.45) is 2.21. The third-order valence-corrected chi connectivity index (χ3v) is 4.54. The lowest BCUT2D eigenvalue weighted by Gasteiger charge is -2.10. The van der Waals surface area contributed by atoms with Gasteiger partial charge in [-0.2, -0.15) is 0 Å². The number of nitrogens with one attached hydrogen (secondary N) is 1. The van der Waals surface area contributed by atoms with Crippen molar-refractivity contribution < 1.29 is 9.53 Å². The van der Waals surface area contributed by atoms with Gasteiger partial charge in [-0.25, -0.2) is 4.68 Å². The number of thioether (sulfide) groups is 1. The summed E-state index contributed by atoms with van der Waals surface area (Å²) in [5, 5.41) is 11.5. The minimum atomic E-state index is -0.144. The first kappa shape index (κ1) is 15.7. The first-order valence-corrected chi connectivity index (χ1v) is 8.34. The van der Waals surface area contributed by atoms with Gasteiger partial charge in [-0.3, -0.25) is 4.79 Å². The summed E-state index contributed by atoms with van der Waals surface area (Å²) in [6.45, 7) is 1.96. The Morgan fingerprint density at radius 1 is 1.48 bits per heavy atom. The molecule has 0 bridgehead atoms. The number of carbonyl (C=O) groups excluding carboxylic acids is 1. The molecule has 1 amide bonds. The maximum Gasteiger partial charge on any atom is 0.234 e. The summed E-state index contributed by atoms with van der Waals surface area (Å²) < 4.78 is 6.74. The third kappa shape index (κ3) is 3.58. The second-order valence-electron chi connectivity index (χ2n) is 5.53. The Morgan fingerprint density at radius 2 is 2.26 bits per heavy atom. The molecule has 0 radical (unpaired) electrons. The lowest BCUT2D eigenvalue weighted by Crippen LogP contribution is -2.17. The summed E-state index contributed by atoms with van der Waals surface area (Å²) in [6, 6.07) is 5.63. The number of aromatic nitrogens is 3. The van der Waals surface area contributed by atoms with E-state index in [1.165, 1.54) is 16.4 Å². The Bertz CT molecular complexity index is 727. The number of ether oxygens (including phenoxy) is 1. The standard InChI is InChI=1S/C15H19N5O2S/c1-9-3-6-12(22-2)11(7-9)17-13(21)8-23-15-19-18-14(20(15)16)10-4-5-10/h3,6-7,10H,4-5,8,16H2,1-2H3,(H,17,21). The van der Waals surface area contributed by atoms with E-state index in [0.29, 0.717) is 22.5 Å². The highest BCUT2D eigenvalue weighted by atomic mass is 32.2. The second kappa shape index (κ2) is 6.49. The van der Waals surface area contributed by atoms with Gasteiger partial charge in [-0.1, -0.05) is 17.8 Å². The molecule has 3 N–H and O–H groups in total. The molecule has 1 saturated carbocycles. The second-order valence-corrected chi connectivity index (χ2v) is 6.47. The topological polar surface area (TPSA) is 95.1 Å². The first-order chi connectivity index (χ1) is 11.1.